The van der Waals surface area contributed by atoms with Gasteiger partial charge in [-0.1, -0.05) is 29.8 Å². The molecule has 0 unspecified atom stereocenters. The van der Waals surface area contributed by atoms with Gasteiger partial charge in [0.2, 0.25) is 5.91 Å². The number of aromatic nitrogens is 2. The maximum atomic E-state index is 12.4. The molecule has 1 N–H and O–H groups in total. The van der Waals surface area contributed by atoms with Crippen LogP contribution in [-0.2, 0) is 17.8 Å². The molecule has 6 nitrogen and oxygen atoms in total. The maximum absolute atomic E-state index is 12.4. The van der Waals surface area contributed by atoms with E-state index in [9.17, 15) is 9.59 Å². The second-order valence-electron chi connectivity index (χ2n) is 6.38. The molecule has 1 aromatic heterocycles. The monoisotopic (exact) mass is 411 g/mol. The van der Waals surface area contributed by atoms with Gasteiger partial charge in [0, 0.05) is 29.7 Å². The van der Waals surface area contributed by atoms with Crippen LogP contribution in [0.4, 0.5) is 0 Å². The van der Waals surface area contributed by atoms with Crippen LogP contribution < -0.4 is 15.6 Å². The number of halogens is 1. The van der Waals surface area contributed by atoms with Crippen LogP contribution in [0.3, 0.4) is 0 Å². The first-order valence-electron chi connectivity index (χ1n) is 9.36. The van der Waals surface area contributed by atoms with Gasteiger partial charge in [-0.05, 0) is 42.8 Å². The Morgan fingerprint density at radius 2 is 1.93 bits per heavy atom. The lowest BCUT2D eigenvalue weighted by molar-refractivity contribution is -0.120. The lowest BCUT2D eigenvalue weighted by atomic mass is 10.1. The second-order valence-corrected chi connectivity index (χ2v) is 6.79. The molecule has 0 saturated heterocycles. The second kappa shape index (κ2) is 9.89. The van der Waals surface area contributed by atoms with E-state index in [1.165, 1.54) is 17.0 Å². The van der Waals surface area contributed by atoms with Gasteiger partial charge in [-0.25, -0.2) is 4.98 Å². The van der Waals surface area contributed by atoms with Crippen molar-refractivity contribution in [2.75, 3.05) is 13.2 Å². The zero-order chi connectivity index (χ0) is 20.6. The molecule has 2 aromatic carbocycles. The Balaban J connectivity index is 1.56. The molecule has 0 radical (unpaired) electrons. The number of nitrogens with one attached hydrogen (secondary N) is 1. The van der Waals surface area contributed by atoms with Crippen molar-refractivity contribution in [2.24, 2.45) is 0 Å². The molecule has 3 rings (SSSR count). The van der Waals surface area contributed by atoms with Gasteiger partial charge >= 0.3 is 0 Å². The first-order valence-corrected chi connectivity index (χ1v) is 9.74. The van der Waals surface area contributed by atoms with Crippen LogP contribution in [0.5, 0.6) is 5.75 Å². The highest BCUT2D eigenvalue weighted by Crippen LogP contribution is 2.19. The molecule has 0 aliphatic rings. The molecule has 0 aliphatic carbocycles. The summed E-state index contributed by atoms with van der Waals surface area (Å²) in [4.78, 5) is 28.8. The molecule has 0 saturated carbocycles. The summed E-state index contributed by atoms with van der Waals surface area (Å²) in [7, 11) is 0. The zero-order valence-electron chi connectivity index (χ0n) is 16.1. The van der Waals surface area contributed by atoms with E-state index in [0.717, 1.165) is 16.9 Å². The fourth-order valence-corrected chi connectivity index (χ4v) is 3.04. The van der Waals surface area contributed by atoms with E-state index < -0.39 is 0 Å². The average Bonchev–Trinajstić information content (AvgIpc) is 2.72. The SMILES string of the molecule is CCOc1ccc(-c2cc(=O)n(CCNC(=O)Cc3ccccc3Cl)cn2)cc1. The first-order chi connectivity index (χ1) is 14.1. The van der Waals surface area contributed by atoms with E-state index in [2.05, 4.69) is 10.3 Å². The average molecular weight is 412 g/mol. The number of ether oxygens (including phenoxy) is 1. The van der Waals surface area contributed by atoms with Gasteiger partial charge in [0.1, 0.15) is 5.75 Å². The summed E-state index contributed by atoms with van der Waals surface area (Å²) < 4.78 is 6.89. The van der Waals surface area contributed by atoms with E-state index in [-0.39, 0.29) is 17.9 Å². The smallest absolute Gasteiger partial charge is 0.253 e. The number of hydrogen-bond donors (Lipinski definition) is 1. The van der Waals surface area contributed by atoms with Crippen molar-refractivity contribution in [3.63, 3.8) is 0 Å². The van der Waals surface area contributed by atoms with E-state index in [1.54, 1.807) is 6.07 Å². The number of rotatable bonds is 8. The molecule has 0 bridgehead atoms. The van der Waals surface area contributed by atoms with Gasteiger partial charge in [0.15, 0.2) is 0 Å². The van der Waals surface area contributed by atoms with Crippen LogP contribution in [0, 0.1) is 0 Å². The van der Waals surface area contributed by atoms with Crippen LogP contribution in [0.25, 0.3) is 11.3 Å². The Hall–Kier alpha value is -3.12. The number of hydrogen-bond acceptors (Lipinski definition) is 4. The quantitative estimate of drug-likeness (QED) is 0.617. The highest BCUT2D eigenvalue weighted by molar-refractivity contribution is 6.31. The lowest BCUT2D eigenvalue weighted by Crippen LogP contribution is -2.31. The number of carbonyl (C=O) groups is 1. The number of carbonyl (C=O) groups excluding carboxylic acids is 1. The molecule has 0 aliphatic heterocycles. The van der Waals surface area contributed by atoms with E-state index in [4.69, 9.17) is 16.3 Å². The molecule has 1 heterocycles. The first kappa shape index (κ1) is 20.6. The fraction of sp³-hybridized carbons (Fsp3) is 0.227. The topological polar surface area (TPSA) is 73.2 Å². The van der Waals surface area contributed by atoms with Crippen molar-refractivity contribution in [1.29, 1.82) is 0 Å². The summed E-state index contributed by atoms with van der Waals surface area (Å²) in [6.45, 7) is 3.19. The molecule has 1 amide bonds. The van der Waals surface area contributed by atoms with Crippen molar-refractivity contribution < 1.29 is 9.53 Å². The standard InChI is InChI=1S/C22H22ClN3O3/c1-2-29-18-9-7-16(8-10-18)20-14-22(28)26(15-25-20)12-11-24-21(27)13-17-5-3-4-6-19(17)23/h3-10,14-15H,2,11-13H2,1H3,(H,24,27). The van der Waals surface area contributed by atoms with Gasteiger partial charge in [0.25, 0.3) is 5.56 Å². The lowest BCUT2D eigenvalue weighted by Gasteiger charge is -2.09. The third-order valence-electron chi connectivity index (χ3n) is 4.32. The number of benzene rings is 2. The molecule has 0 atom stereocenters. The Morgan fingerprint density at radius 1 is 1.17 bits per heavy atom. The van der Waals surface area contributed by atoms with Gasteiger partial charge < -0.3 is 10.1 Å². The Kier molecular flexibility index (Phi) is 7.03. The van der Waals surface area contributed by atoms with Crippen molar-refractivity contribution in [2.45, 2.75) is 19.9 Å². The Labute approximate surface area is 174 Å². The summed E-state index contributed by atoms with van der Waals surface area (Å²) in [5, 5.41) is 3.36. The molecule has 0 spiro atoms. The third-order valence-corrected chi connectivity index (χ3v) is 4.69. The number of nitrogens with zero attached hydrogens (tertiary/aromatic N) is 2. The predicted octanol–water partition coefficient (Wildman–Crippen LogP) is 3.32. The van der Waals surface area contributed by atoms with E-state index in [1.807, 2.05) is 49.4 Å². The van der Waals surface area contributed by atoms with Gasteiger partial charge in [-0.3, -0.25) is 14.2 Å². The summed E-state index contributed by atoms with van der Waals surface area (Å²) in [5.41, 5.74) is 2.03. The largest absolute Gasteiger partial charge is 0.494 e. The van der Waals surface area contributed by atoms with Gasteiger partial charge in [0.05, 0.1) is 25.0 Å². The molecule has 150 valence electrons. The van der Waals surface area contributed by atoms with Crippen LogP contribution in [0.15, 0.2) is 65.7 Å². The zero-order valence-corrected chi connectivity index (χ0v) is 16.9. The minimum absolute atomic E-state index is 0.148. The van der Waals surface area contributed by atoms with Gasteiger partial charge in [-0.2, -0.15) is 0 Å². The minimum atomic E-state index is -0.177. The van der Waals surface area contributed by atoms with Crippen LogP contribution in [0.2, 0.25) is 5.02 Å². The van der Waals surface area contributed by atoms with Crippen molar-refractivity contribution in [3.8, 4) is 17.0 Å². The molecular formula is C22H22ClN3O3. The Morgan fingerprint density at radius 3 is 2.62 bits per heavy atom. The molecule has 0 fully saturated rings. The maximum Gasteiger partial charge on any atom is 0.253 e. The van der Waals surface area contributed by atoms with Crippen molar-refractivity contribution in [3.05, 3.63) is 81.9 Å². The van der Waals surface area contributed by atoms with Crippen molar-refractivity contribution in [1.82, 2.24) is 14.9 Å². The van der Waals surface area contributed by atoms with Crippen LogP contribution in [0.1, 0.15) is 12.5 Å². The molecular weight excluding hydrogens is 390 g/mol. The van der Waals surface area contributed by atoms with Gasteiger partial charge in [-0.15, -0.1) is 0 Å². The Bertz CT molecular complexity index is 1030. The highest BCUT2D eigenvalue weighted by Gasteiger charge is 2.07. The van der Waals surface area contributed by atoms with Crippen LogP contribution in [-0.4, -0.2) is 28.6 Å². The van der Waals surface area contributed by atoms with Crippen LogP contribution >= 0.6 is 11.6 Å². The normalized spacial score (nSPS) is 10.6. The number of amides is 1. The molecule has 3 aromatic rings. The summed E-state index contributed by atoms with van der Waals surface area (Å²) in [6, 6.07) is 16.1. The predicted molar refractivity (Wildman–Crippen MR) is 113 cm³/mol. The summed E-state index contributed by atoms with van der Waals surface area (Å²) >= 11 is 6.07. The summed E-state index contributed by atoms with van der Waals surface area (Å²) in [6.07, 6.45) is 1.69. The van der Waals surface area contributed by atoms with E-state index >= 15 is 0 Å². The molecule has 7 heteroatoms. The minimum Gasteiger partial charge on any atom is -0.494 e. The summed E-state index contributed by atoms with van der Waals surface area (Å²) in [5.74, 6) is 0.627. The highest BCUT2D eigenvalue weighted by atomic mass is 35.5. The van der Waals surface area contributed by atoms with Crippen molar-refractivity contribution >= 4 is 17.5 Å². The van der Waals surface area contributed by atoms with E-state index in [0.29, 0.717) is 30.4 Å². The molecule has 29 heavy (non-hydrogen) atoms. The fourth-order valence-electron chi connectivity index (χ4n) is 2.83. The third kappa shape index (κ3) is 5.68.